The predicted octanol–water partition coefficient (Wildman–Crippen LogP) is 3.27. The third-order valence-electron chi connectivity index (χ3n) is 6.24. The number of aromatic nitrogens is 3. The Labute approximate surface area is 202 Å². The van der Waals surface area contributed by atoms with Crippen LogP contribution in [0.4, 0.5) is 17.8 Å². The zero-order valence-corrected chi connectivity index (χ0v) is 20.1. The molecule has 1 unspecified atom stereocenters. The van der Waals surface area contributed by atoms with Gasteiger partial charge in [0.25, 0.3) is 0 Å². The third kappa shape index (κ3) is 6.35. The van der Waals surface area contributed by atoms with Gasteiger partial charge in [0.15, 0.2) is 0 Å². The van der Waals surface area contributed by atoms with Gasteiger partial charge in [0.05, 0.1) is 0 Å². The molecule has 1 aliphatic heterocycles. The molecule has 0 saturated carbocycles. The fourth-order valence-corrected chi connectivity index (χ4v) is 4.20. The maximum atomic E-state index is 9.49. The average molecular weight is 462 g/mol. The summed E-state index contributed by atoms with van der Waals surface area (Å²) in [7, 11) is 2.06. The quantitative estimate of drug-likeness (QED) is 0.424. The van der Waals surface area contributed by atoms with Crippen molar-refractivity contribution in [1.29, 1.82) is 0 Å². The second-order valence-electron chi connectivity index (χ2n) is 8.74. The number of rotatable bonds is 10. The second-order valence-corrected chi connectivity index (χ2v) is 8.74. The van der Waals surface area contributed by atoms with E-state index in [-0.39, 0.29) is 5.75 Å². The summed E-state index contributed by atoms with van der Waals surface area (Å²) in [5, 5.41) is 16.3. The molecule has 1 aliphatic rings. The number of phenols is 1. The SMILES string of the molecule is CCC(CN(C)c1nc(NCCc2ccc(O)cc2)nc(N2CCNCC2)n1)c1ccccc1. The monoisotopic (exact) mass is 461 g/mol. The summed E-state index contributed by atoms with van der Waals surface area (Å²) in [6.07, 6.45) is 1.86. The number of aromatic hydroxyl groups is 1. The minimum absolute atomic E-state index is 0.281. The lowest BCUT2D eigenvalue weighted by Crippen LogP contribution is -2.44. The van der Waals surface area contributed by atoms with Gasteiger partial charge in [-0.3, -0.25) is 0 Å². The molecule has 2 aromatic carbocycles. The molecule has 2 heterocycles. The van der Waals surface area contributed by atoms with Crippen LogP contribution in [0.2, 0.25) is 0 Å². The summed E-state index contributed by atoms with van der Waals surface area (Å²) >= 11 is 0. The Kier molecular flexibility index (Phi) is 8.14. The van der Waals surface area contributed by atoms with Crippen molar-refractivity contribution in [2.45, 2.75) is 25.7 Å². The molecule has 4 rings (SSSR count). The van der Waals surface area contributed by atoms with E-state index in [1.807, 2.05) is 12.1 Å². The first-order chi connectivity index (χ1) is 16.6. The van der Waals surface area contributed by atoms with Crippen LogP contribution in [0.15, 0.2) is 54.6 Å². The number of nitrogens with zero attached hydrogens (tertiary/aromatic N) is 5. The standard InChI is InChI=1S/C26H35N7O/c1-3-21(22-7-5-4-6-8-22)19-32(2)25-29-24(28-14-13-20-9-11-23(34)12-10-20)30-26(31-25)33-17-15-27-16-18-33/h4-12,21,27,34H,3,13-19H2,1-2H3,(H,28,29,30,31). The number of phenolic OH excluding ortho intramolecular Hbond substituents is 1. The van der Waals surface area contributed by atoms with Crippen molar-refractivity contribution in [3.8, 4) is 5.75 Å². The molecule has 3 N–H and O–H groups in total. The molecule has 0 bridgehead atoms. The summed E-state index contributed by atoms with van der Waals surface area (Å²) in [5.41, 5.74) is 2.48. The van der Waals surface area contributed by atoms with Crippen molar-refractivity contribution < 1.29 is 5.11 Å². The van der Waals surface area contributed by atoms with Gasteiger partial charge in [0.2, 0.25) is 17.8 Å². The Hall–Kier alpha value is -3.39. The molecule has 1 atom stereocenters. The van der Waals surface area contributed by atoms with Crippen molar-refractivity contribution in [1.82, 2.24) is 20.3 Å². The zero-order chi connectivity index (χ0) is 23.8. The lowest BCUT2D eigenvalue weighted by atomic mass is 9.96. The van der Waals surface area contributed by atoms with Crippen molar-refractivity contribution >= 4 is 17.8 Å². The van der Waals surface area contributed by atoms with E-state index in [0.717, 1.165) is 57.1 Å². The van der Waals surface area contributed by atoms with E-state index in [4.69, 9.17) is 15.0 Å². The second kappa shape index (κ2) is 11.7. The number of likely N-dealkylation sites (N-methyl/N-ethyl adjacent to an activating group) is 1. The van der Waals surface area contributed by atoms with Crippen LogP contribution in [0, 0.1) is 0 Å². The van der Waals surface area contributed by atoms with E-state index < -0.39 is 0 Å². The Morgan fingerprint density at radius 1 is 1.03 bits per heavy atom. The number of hydrogen-bond acceptors (Lipinski definition) is 8. The average Bonchev–Trinajstić information content (AvgIpc) is 2.89. The number of benzene rings is 2. The minimum atomic E-state index is 0.281. The first-order valence-corrected chi connectivity index (χ1v) is 12.1. The Morgan fingerprint density at radius 2 is 1.76 bits per heavy atom. The smallest absolute Gasteiger partial charge is 0.232 e. The van der Waals surface area contributed by atoms with Gasteiger partial charge in [-0.2, -0.15) is 15.0 Å². The fraction of sp³-hybridized carbons (Fsp3) is 0.423. The molecule has 180 valence electrons. The predicted molar refractivity (Wildman–Crippen MR) is 138 cm³/mol. The third-order valence-corrected chi connectivity index (χ3v) is 6.24. The molecular weight excluding hydrogens is 426 g/mol. The topological polar surface area (TPSA) is 89.4 Å². The fourth-order valence-electron chi connectivity index (χ4n) is 4.20. The summed E-state index contributed by atoms with van der Waals surface area (Å²) in [6, 6.07) is 17.9. The molecule has 34 heavy (non-hydrogen) atoms. The Bertz CT molecular complexity index is 1020. The summed E-state index contributed by atoms with van der Waals surface area (Å²) in [5.74, 6) is 2.68. The number of anilines is 3. The lowest BCUT2D eigenvalue weighted by Gasteiger charge is -2.29. The highest BCUT2D eigenvalue weighted by Crippen LogP contribution is 2.23. The number of hydrogen-bond donors (Lipinski definition) is 3. The normalized spacial score (nSPS) is 14.6. The lowest BCUT2D eigenvalue weighted by molar-refractivity contribution is 0.475. The van der Waals surface area contributed by atoms with Gasteiger partial charge in [0, 0.05) is 52.2 Å². The van der Waals surface area contributed by atoms with Crippen LogP contribution in [0.25, 0.3) is 0 Å². The van der Waals surface area contributed by atoms with Crippen LogP contribution in [0.1, 0.15) is 30.4 Å². The molecule has 1 saturated heterocycles. The largest absolute Gasteiger partial charge is 0.508 e. The van der Waals surface area contributed by atoms with Gasteiger partial charge in [-0.15, -0.1) is 0 Å². The van der Waals surface area contributed by atoms with E-state index in [0.29, 0.717) is 24.4 Å². The van der Waals surface area contributed by atoms with Crippen molar-refractivity contribution in [2.75, 3.05) is 61.4 Å². The maximum Gasteiger partial charge on any atom is 0.232 e. The number of piperazine rings is 1. The summed E-state index contributed by atoms with van der Waals surface area (Å²) < 4.78 is 0. The Balaban J connectivity index is 1.50. The van der Waals surface area contributed by atoms with Crippen LogP contribution in [0.5, 0.6) is 5.75 Å². The van der Waals surface area contributed by atoms with Gasteiger partial charge in [0.1, 0.15) is 5.75 Å². The molecule has 8 heteroatoms. The van der Waals surface area contributed by atoms with Gasteiger partial charge in [-0.1, -0.05) is 49.4 Å². The van der Waals surface area contributed by atoms with Crippen LogP contribution < -0.4 is 20.4 Å². The highest BCUT2D eigenvalue weighted by molar-refractivity contribution is 5.46. The van der Waals surface area contributed by atoms with Crippen molar-refractivity contribution in [3.63, 3.8) is 0 Å². The van der Waals surface area contributed by atoms with Gasteiger partial charge >= 0.3 is 0 Å². The van der Waals surface area contributed by atoms with E-state index in [1.165, 1.54) is 5.56 Å². The minimum Gasteiger partial charge on any atom is -0.508 e. The van der Waals surface area contributed by atoms with Crippen LogP contribution >= 0.6 is 0 Å². The number of nitrogens with one attached hydrogen (secondary N) is 2. The zero-order valence-electron chi connectivity index (χ0n) is 20.1. The highest BCUT2D eigenvalue weighted by Gasteiger charge is 2.19. The molecule has 1 fully saturated rings. The van der Waals surface area contributed by atoms with Gasteiger partial charge in [-0.05, 0) is 36.1 Å². The molecule has 0 amide bonds. The van der Waals surface area contributed by atoms with Crippen molar-refractivity contribution in [2.24, 2.45) is 0 Å². The van der Waals surface area contributed by atoms with E-state index >= 15 is 0 Å². The molecule has 0 radical (unpaired) electrons. The molecule has 0 spiro atoms. The van der Waals surface area contributed by atoms with Crippen molar-refractivity contribution in [3.05, 3.63) is 65.7 Å². The molecule has 8 nitrogen and oxygen atoms in total. The summed E-state index contributed by atoms with van der Waals surface area (Å²) in [6.45, 7) is 7.35. The van der Waals surface area contributed by atoms with Crippen LogP contribution in [-0.4, -0.2) is 66.4 Å². The van der Waals surface area contributed by atoms with E-state index in [2.05, 4.69) is 64.7 Å². The Morgan fingerprint density at radius 3 is 2.47 bits per heavy atom. The van der Waals surface area contributed by atoms with Crippen LogP contribution in [-0.2, 0) is 6.42 Å². The molecular formula is C26H35N7O. The van der Waals surface area contributed by atoms with Crippen LogP contribution in [0.3, 0.4) is 0 Å². The first-order valence-electron chi connectivity index (χ1n) is 12.1. The van der Waals surface area contributed by atoms with E-state index in [1.54, 1.807) is 12.1 Å². The van der Waals surface area contributed by atoms with E-state index in [9.17, 15) is 5.11 Å². The molecule has 0 aliphatic carbocycles. The van der Waals surface area contributed by atoms with Gasteiger partial charge in [-0.25, -0.2) is 0 Å². The highest BCUT2D eigenvalue weighted by atomic mass is 16.3. The van der Waals surface area contributed by atoms with Gasteiger partial charge < -0.3 is 25.5 Å². The summed E-state index contributed by atoms with van der Waals surface area (Å²) in [4.78, 5) is 18.7. The maximum absolute atomic E-state index is 9.49. The first kappa shape index (κ1) is 23.8. The molecule has 3 aromatic rings. The molecule has 1 aromatic heterocycles.